The Labute approximate surface area is 88.2 Å². The summed E-state index contributed by atoms with van der Waals surface area (Å²) in [6, 6.07) is 3.81. The fraction of sp³-hybridized carbons (Fsp3) is 0.154. The van der Waals surface area contributed by atoms with E-state index in [0.717, 1.165) is 21.7 Å². The standard InChI is InChI=1S/C13H13NO/c1-3-5-7-10-11(4-2)15-12-8-6-9-14-13(10)12/h3-9H,1-2H3/b5-3-,10-7+,11-4+. The van der Waals surface area contributed by atoms with Gasteiger partial charge < -0.3 is 4.42 Å². The van der Waals surface area contributed by atoms with Gasteiger partial charge in [0.2, 0.25) is 0 Å². The van der Waals surface area contributed by atoms with Crippen LogP contribution in [0.25, 0.3) is 23.3 Å². The minimum Gasteiger partial charge on any atom is -0.455 e. The molecule has 15 heavy (non-hydrogen) atoms. The number of fused-ring (bicyclic) bond motifs is 1. The molecule has 0 aliphatic carbocycles. The Morgan fingerprint density at radius 2 is 2.20 bits per heavy atom. The zero-order valence-corrected chi connectivity index (χ0v) is 8.90. The van der Waals surface area contributed by atoms with Crippen molar-refractivity contribution in [3.05, 3.63) is 41.1 Å². The van der Waals surface area contributed by atoms with E-state index < -0.39 is 0 Å². The first-order valence-corrected chi connectivity index (χ1v) is 4.99. The first kappa shape index (κ1) is 9.71. The van der Waals surface area contributed by atoms with Gasteiger partial charge in [-0.1, -0.05) is 12.2 Å². The number of furan rings is 1. The third kappa shape index (κ3) is 1.71. The Hall–Kier alpha value is -1.83. The average Bonchev–Trinajstić information content (AvgIpc) is 2.64. The third-order valence-corrected chi connectivity index (χ3v) is 2.23. The molecule has 0 atom stereocenters. The van der Waals surface area contributed by atoms with E-state index in [4.69, 9.17) is 4.42 Å². The van der Waals surface area contributed by atoms with Crippen molar-refractivity contribution in [2.45, 2.75) is 13.8 Å². The predicted molar refractivity (Wildman–Crippen MR) is 62.7 cm³/mol. The topological polar surface area (TPSA) is 26.0 Å². The molecular formula is C13H13NO. The smallest absolute Gasteiger partial charge is 0.153 e. The maximum Gasteiger partial charge on any atom is 0.153 e. The highest BCUT2D eigenvalue weighted by atomic mass is 16.3. The van der Waals surface area contributed by atoms with Crippen LogP contribution in [0.2, 0.25) is 0 Å². The second-order valence-electron chi connectivity index (χ2n) is 3.21. The highest BCUT2D eigenvalue weighted by Gasteiger charge is 2.01. The molecule has 76 valence electrons. The summed E-state index contributed by atoms with van der Waals surface area (Å²) in [6.45, 7) is 3.95. The quantitative estimate of drug-likeness (QED) is 0.702. The van der Waals surface area contributed by atoms with Crippen LogP contribution in [0.15, 0.2) is 34.9 Å². The van der Waals surface area contributed by atoms with Gasteiger partial charge in [-0.3, -0.25) is 4.98 Å². The lowest BCUT2D eigenvalue weighted by molar-refractivity contribution is 0.574. The van der Waals surface area contributed by atoms with Crippen LogP contribution in [-0.2, 0) is 0 Å². The first-order valence-electron chi connectivity index (χ1n) is 4.99. The maximum absolute atomic E-state index is 5.66. The van der Waals surface area contributed by atoms with E-state index in [1.807, 2.05) is 50.3 Å². The molecule has 0 aromatic carbocycles. The van der Waals surface area contributed by atoms with E-state index in [2.05, 4.69) is 4.98 Å². The molecule has 2 nitrogen and oxygen atoms in total. The zero-order chi connectivity index (χ0) is 10.7. The SMILES string of the molecule is C\C=C/C=c1\c(=C/C)oc2cccnc12. The summed E-state index contributed by atoms with van der Waals surface area (Å²) in [6.07, 6.45) is 9.74. The largest absolute Gasteiger partial charge is 0.455 e. The van der Waals surface area contributed by atoms with Crippen LogP contribution >= 0.6 is 0 Å². The van der Waals surface area contributed by atoms with Crippen LogP contribution < -0.4 is 10.6 Å². The lowest BCUT2D eigenvalue weighted by atomic mass is 10.3. The van der Waals surface area contributed by atoms with Crippen LogP contribution in [-0.4, -0.2) is 4.98 Å². The van der Waals surface area contributed by atoms with Crippen LogP contribution in [0.3, 0.4) is 0 Å². The molecule has 0 spiro atoms. The predicted octanol–water partition coefficient (Wildman–Crippen LogP) is 1.98. The molecule has 0 saturated heterocycles. The summed E-state index contributed by atoms with van der Waals surface area (Å²) in [4.78, 5) is 4.32. The van der Waals surface area contributed by atoms with Crippen LogP contribution in [0.5, 0.6) is 0 Å². The Bertz CT molecular complexity index is 605. The minimum absolute atomic E-state index is 0.835. The highest BCUT2D eigenvalue weighted by Crippen LogP contribution is 2.03. The van der Waals surface area contributed by atoms with Gasteiger partial charge in [0, 0.05) is 11.4 Å². The number of rotatable bonds is 1. The molecule has 0 aliphatic heterocycles. The van der Waals surface area contributed by atoms with Crippen molar-refractivity contribution < 1.29 is 4.42 Å². The normalized spacial score (nSPS) is 14.5. The molecule has 0 unspecified atom stereocenters. The van der Waals surface area contributed by atoms with Gasteiger partial charge >= 0.3 is 0 Å². The molecule has 2 heterocycles. The van der Waals surface area contributed by atoms with Gasteiger partial charge in [0.15, 0.2) is 5.58 Å². The summed E-state index contributed by atoms with van der Waals surface area (Å²) in [5.41, 5.74) is 2.63. The molecule has 0 amide bonds. The summed E-state index contributed by atoms with van der Waals surface area (Å²) < 4.78 is 5.66. The monoisotopic (exact) mass is 199 g/mol. The number of aromatic nitrogens is 1. The van der Waals surface area contributed by atoms with E-state index in [0.29, 0.717) is 0 Å². The minimum atomic E-state index is 0.835. The molecule has 2 rings (SSSR count). The molecule has 0 aliphatic rings. The van der Waals surface area contributed by atoms with Crippen molar-refractivity contribution in [2.75, 3.05) is 0 Å². The molecule has 0 bridgehead atoms. The van der Waals surface area contributed by atoms with Gasteiger partial charge in [0.25, 0.3) is 0 Å². The summed E-state index contributed by atoms with van der Waals surface area (Å²) in [5.74, 6) is 0. The lowest BCUT2D eigenvalue weighted by Crippen LogP contribution is -2.19. The third-order valence-electron chi connectivity index (χ3n) is 2.23. The zero-order valence-electron chi connectivity index (χ0n) is 8.90. The highest BCUT2D eigenvalue weighted by molar-refractivity contribution is 5.74. The van der Waals surface area contributed by atoms with Crippen molar-refractivity contribution >= 4 is 23.3 Å². The Morgan fingerprint density at radius 1 is 1.33 bits per heavy atom. The second-order valence-corrected chi connectivity index (χ2v) is 3.21. The molecule has 0 fully saturated rings. The molecular weight excluding hydrogens is 186 g/mol. The number of hydrogen-bond donors (Lipinski definition) is 0. The van der Waals surface area contributed by atoms with Gasteiger partial charge in [-0.25, -0.2) is 0 Å². The fourth-order valence-electron chi connectivity index (χ4n) is 1.53. The van der Waals surface area contributed by atoms with E-state index in [9.17, 15) is 0 Å². The molecule has 0 N–H and O–H groups in total. The van der Waals surface area contributed by atoms with Gasteiger partial charge in [0.1, 0.15) is 10.9 Å². The van der Waals surface area contributed by atoms with E-state index in [1.165, 1.54) is 0 Å². The maximum atomic E-state index is 5.66. The number of nitrogens with zero attached hydrogens (tertiary/aromatic N) is 1. The Kier molecular flexibility index (Phi) is 2.68. The van der Waals surface area contributed by atoms with Gasteiger partial charge in [-0.15, -0.1) is 0 Å². The van der Waals surface area contributed by atoms with E-state index in [-0.39, 0.29) is 0 Å². The average molecular weight is 199 g/mol. The van der Waals surface area contributed by atoms with Gasteiger partial charge in [0.05, 0.1) is 0 Å². The fourth-order valence-corrected chi connectivity index (χ4v) is 1.53. The van der Waals surface area contributed by atoms with E-state index >= 15 is 0 Å². The molecule has 2 aromatic heterocycles. The van der Waals surface area contributed by atoms with Crippen molar-refractivity contribution in [2.24, 2.45) is 0 Å². The van der Waals surface area contributed by atoms with Gasteiger partial charge in [-0.2, -0.15) is 0 Å². The van der Waals surface area contributed by atoms with E-state index in [1.54, 1.807) is 6.20 Å². The van der Waals surface area contributed by atoms with Crippen LogP contribution in [0.4, 0.5) is 0 Å². The van der Waals surface area contributed by atoms with Crippen LogP contribution in [0, 0.1) is 0 Å². The van der Waals surface area contributed by atoms with Crippen molar-refractivity contribution in [1.29, 1.82) is 0 Å². The Morgan fingerprint density at radius 3 is 2.93 bits per heavy atom. The number of allylic oxidation sites excluding steroid dienone is 2. The molecule has 2 heteroatoms. The second kappa shape index (κ2) is 4.13. The summed E-state index contributed by atoms with van der Waals surface area (Å²) >= 11 is 0. The Balaban J connectivity index is 2.91. The van der Waals surface area contributed by atoms with Crippen molar-refractivity contribution in [1.82, 2.24) is 4.98 Å². The van der Waals surface area contributed by atoms with Crippen molar-refractivity contribution in [3.63, 3.8) is 0 Å². The molecule has 2 aromatic rings. The van der Waals surface area contributed by atoms with Crippen molar-refractivity contribution in [3.8, 4) is 0 Å². The first-order chi connectivity index (χ1) is 7.36. The number of hydrogen-bond acceptors (Lipinski definition) is 2. The summed E-state index contributed by atoms with van der Waals surface area (Å²) in [5, 5.41) is 1.05. The molecule has 0 radical (unpaired) electrons. The van der Waals surface area contributed by atoms with Crippen LogP contribution in [0.1, 0.15) is 13.8 Å². The number of pyridine rings is 1. The lowest BCUT2D eigenvalue weighted by Gasteiger charge is -1.82. The molecule has 0 saturated carbocycles. The van der Waals surface area contributed by atoms with Gasteiger partial charge in [-0.05, 0) is 38.1 Å². The summed E-state index contributed by atoms with van der Waals surface area (Å²) in [7, 11) is 0.